The highest BCUT2D eigenvalue weighted by atomic mass is 35.5. The molecule has 5 nitrogen and oxygen atoms in total. The van der Waals surface area contributed by atoms with E-state index in [0.29, 0.717) is 17.1 Å². The van der Waals surface area contributed by atoms with E-state index in [1.165, 1.54) is 0 Å². The molecule has 1 fully saturated rings. The molecule has 1 aromatic heterocycles. The van der Waals surface area contributed by atoms with Crippen molar-refractivity contribution in [3.63, 3.8) is 0 Å². The van der Waals surface area contributed by atoms with Crippen molar-refractivity contribution < 1.29 is 9.22 Å². The van der Waals surface area contributed by atoms with Gasteiger partial charge in [-0.1, -0.05) is 32.4 Å². The van der Waals surface area contributed by atoms with Gasteiger partial charge in [0.15, 0.2) is 8.32 Å². The van der Waals surface area contributed by atoms with E-state index in [9.17, 15) is 4.79 Å². The number of hydrogen-bond acceptors (Lipinski definition) is 4. The van der Waals surface area contributed by atoms with E-state index in [0.717, 1.165) is 36.4 Å². The van der Waals surface area contributed by atoms with Crippen LogP contribution >= 0.6 is 11.6 Å². The van der Waals surface area contributed by atoms with Crippen molar-refractivity contribution in [1.82, 2.24) is 4.98 Å². The highest BCUT2D eigenvalue weighted by molar-refractivity contribution is 6.74. The van der Waals surface area contributed by atoms with Crippen molar-refractivity contribution in [1.29, 1.82) is 0 Å². The van der Waals surface area contributed by atoms with E-state index in [4.69, 9.17) is 16.0 Å². The van der Waals surface area contributed by atoms with Gasteiger partial charge in [-0.2, -0.15) is 0 Å². The zero-order valence-corrected chi connectivity index (χ0v) is 20.2. The molecule has 1 saturated heterocycles. The Hall–Kier alpha value is -1.89. The minimum absolute atomic E-state index is 0.00109. The Labute approximate surface area is 185 Å². The van der Waals surface area contributed by atoms with Gasteiger partial charge < -0.3 is 14.2 Å². The molecule has 4 rings (SSSR count). The Balaban J connectivity index is 1.48. The molecule has 2 aliphatic rings. The first kappa shape index (κ1) is 21.3. The third kappa shape index (κ3) is 4.00. The smallest absolute Gasteiger partial charge is 0.258 e. The van der Waals surface area contributed by atoms with E-state index in [1.54, 1.807) is 23.2 Å². The summed E-state index contributed by atoms with van der Waals surface area (Å²) in [5.74, 6) is 0.00109. The number of amides is 1. The lowest BCUT2D eigenvalue weighted by atomic mass is 10.1. The number of halogens is 1. The number of benzene rings is 1. The number of nitrogens with zero attached hydrogens (tertiary/aromatic N) is 3. The van der Waals surface area contributed by atoms with Crippen LogP contribution in [0.5, 0.6) is 0 Å². The molecule has 0 saturated carbocycles. The summed E-state index contributed by atoms with van der Waals surface area (Å²) in [5.41, 5.74) is 3.53. The summed E-state index contributed by atoms with van der Waals surface area (Å²) >= 11 is 6.11. The third-order valence-electron chi connectivity index (χ3n) is 6.67. The summed E-state index contributed by atoms with van der Waals surface area (Å²) in [6.45, 7) is 13.8. The number of carbonyl (C=O) groups excluding carboxylic acids is 1. The van der Waals surface area contributed by atoms with Crippen LogP contribution in [0, 0.1) is 0 Å². The van der Waals surface area contributed by atoms with E-state index >= 15 is 0 Å². The molecule has 0 N–H and O–H groups in total. The maximum Gasteiger partial charge on any atom is 0.258 e. The molecular weight excluding hydrogens is 414 g/mol. The normalized spacial score (nSPS) is 19.5. The fraction of sp³-hybridized carbons (Fsp3) is 0.478. The Morgan fingerprint density at radius 3 is 2.63 bits per heavy atom. The molecule has 2 aliphatic heterocycles. The Morgan fingerprint density at radius 2 is 1.90 bits per heavy atom. The summed E-state index contributed by atoms with van der Waals surface area (Å²) < 4.78 is 6.62. The van der Waals surface area contributed by atoms with Crippen molar-refractivity contribution in [2.75, 3.05) is 22.9 Å². The average Bonchev–Trinajstić information content (AvgIpc) is 3.25. The molecule has 3 heterocycles. The molecule has 0 bridgehead atoms. The SMILES string of the molecule is CC(C)(C)[Si](C)(C)OC1CCN(c2cncc(N3Cc4cc(Cl)ccc4C3=O)c2)C1. The molecule has 1 amide bonds. The predicted octanol–water partition coefficient (Wildman–Crippen LogP) is 5.50. The molecule has 1 atom stereocenters. The highest BCUT2D eigenvalue weighted by Crippen LogP contribution is 2.39. The molecule has 0 aliphatic carbocycles. The number of rotatable bonds is 4. The average molecular weight is 444 g/mol. The molecule has 0 spiro atoms. The number of carbonyl (C=O) groups is 1. The van der Waals surface area contributed by atoms with Gasteiger partial charge >= 0.3 is 0 Å². The van der Waals surface area contributed by atoms with Crippen LogP contribution in [0.1, 0.15) is 43.1 Å². The van der Waals surface area contributed by atoms with Crippen molar-refractivity contribution in [3.8, 4) is 0 Å². The maximum absolute atomic E-state index is 12.9. The van der Waals surface area contributed by atoms with E-state index in [-0.39, 0.29) is 17.0 Å². The lowest BCUT2D eigenvalue weighted by molar-refractivity contribution is 0.0996. The summed E-state index contributed by atoms with van der Waals surface area (Å²) in [6, 6.07) is 7.51. The monoisotopic (exact) mass is 443 g/mol. The van der Waals surface area contributed by atoms with Crippen LogP contribution in [0.4, 0.5) is 11.4 Å². The zero-order valence-electron chi connectivity index (χ0n) is 18.4. The highest BCUT2D eigenvalue weighted by Gasteiger charge is 2.40. The summed E-state index contributed by atoms with van der Waals surface area (Å²) in [4.78, 5) is 21.4. The fourth-order valence-electron chi connectivity index (χ4n) is 3.89. The minimum Gasteiger partial charge on any atom is -0.412 e. The van der Waals surface area contributed by atoms with Crippen LogP contribution in [-0.4, -0.2) is 38.4 Å². The number of fused-ring (bicyclic) bond motifs is 1. The first-order valence-electron chi connectivity index (χ1n) is 10.5. The van der Waals surface area contributed by atoms with Crippen LogP contribution in [0.15, 0.2) is 36.7 Å². The predicted molar refractivity (Wildman–Crippen MR) is 125 cm³/mol. The summed E-state index contributed by atoms with van der Waals surface area (Å²) in [5, 5.41) is 0.857. The standard InChI is InChI=1S/C23H30ClN3O2Si/c1-23(2,3)30(4,5)29-20-8-9-26(15-20)18-11-19(13-25-12-18)27-14-16-10-17(24)6-7-21(16)22(27)28/h6-7,10-13,20H,8-9,14-15H2,1-5H3. The molecule has 7 heteroatoms. The zero-order chi connectivity index (χ0) is 21.7. The number of pyridine rings is 1. The van der Waals surface area contributed by atoms with E-state index in [1.807, 2.05) is 12.3 Å². The largest absolute Gasteiger partial charge is 0.412 e. The third-order valence-corrected chi connectivity index (χ3v) is 11.4. The molecule has 30 heavy (non-hydrogen) atoms. The Kier molecular flexibility index (Phi) is 5.45. The Morgan fingerprint density at radius 1 is 1.17 bits per heavy atom. The van der Waals surface area contributed by atoms with E-state index < -0.39 is 8.32 Å². The van der Waals surface area contributed by atoms with Gasteiger partial charge in [-0.15, -0.1) is 0 Å². The van der Waals surface area contributed by atoms with E-state index in [2.05, 4.69) is 49.8 Å². The second-order valence-electron chi connectivity index (χ2n) is 9.83. The van der Waals surface area contributed by atoms with Crippen molar-refractivity contribution in [2.45, 2.75) is 58.0 Å². The van der Waals surface area contributed by atoms with Crippen molar-refractivity contribution >= 4 is 37.2 Å². The van der Waals surface area contributed by atoms with Crippen LogP contribution in [0.2, 0.25) is 23.2 Å². The molecule has 0 radical (unpaired) electrons. The van der Waals surface area contributed by atoms with Crippen LogP contribution in [-0.2, 0) is 11.0 Å². The second-order valence-corrected chi connectivity index (χ2v) is 15.0. The lowest BCUT2D eigenvalue weighted by Crippen LogP contribution is -2.44. The van der Waals surface area contributed by atoms with Gasteiger partial charge in [-0.25, -0.2) is 0 Å². The second kappa shape index (κ2) is 7.66. The number of aromatic nitrogens is 1. The van der Waals surface area contributed by atoms with Gasteiger partial charge in [-0.3, -0.25) is 9.78 Å². The van der Waals surface area contributed by atoms with Gasteiger partial charge in [0, 0.05) is 23.7 Å². The molecule has 2 aromatic rings. The van der Waals surface area contributed by atoms with Gasteiger partial charge in [0.05, 0.1) is 36.4 Å². The van der Waals surface area contributed by atoms with Gasteiger partial charge in [0.2, 0.25) is 0 Å². The summed E-state index contributed by atoms with van der Waals surface area (Å²) in [7, 11) is -1.79. The summed E-state index contributed by atoms with van der Waals surface area (Å²) in [6.07, 6.45) is 4.90. The quantitative estimate of drug-likeness (QED) is 0.585. The van der Waals surface area contributed by atoms with Crippen LogP contribution in [0.3, 0.4) is 0 Å². The lowest BCUT2D eigenvalue weighted by Gasteiger charge is -2.38. The van der Waals surface area contributed by atoms with Gasteiger partial charge in [-0.05, 0) is 54.4 Å². The van der Waals surface area contributed by atoms with Gasteiger partial charge in [0.25, 0.3) is 5.91 Å². The topological polar surface area (TPSA) is 45.7 Å². The molecule has 160 valence electrons. The Bertz CT molecular complexity index is 973. The molecule has 1 unspecified atom stereocenters. The minimum atomic E-state index is -1.79. The first-order chi connectivity index (χ1) is 14.0. The maximum atomic E-state index is 12.9. The molecule has 1 aromatic carbocycles. The van der Waals surface area contributed by atoms with Crippen LogP contribution in [0.25, 0.3) is 0 Å². The first-order valence-corrected chi connectivity index (χ1v) is 13.8. The fourth-order valence-corrected chi connectivity index (χ4v) is 5.46. The van der Waals surface area contributed by atoms with Crippen molar-refractivity contribution in [3.05, 3.63) is 52.8 Å². The number of anilines is 2. The van der Waals surface area contributed by atoms with Crippen molar-refractivity contribution in [2.24, 2.45) is 0 Å². The molecular formula is C23H30ClN3O2Si. The van der Waals surface area contributed by atoms with Crippen LogP contribution < -0.4 is 9.80 Å². The number of hydrogen-bond donors (Lipinski definition) is 0. The van der Waals surface area contributed by atoms with Gasteiger partial charge in [0.1, 0.15) is 0 Å².